The van der Waals surface area contributed by atoms with Crippen LogP contribution in [0.4, 0.5) is 0 Å². The zero-order valence-corrected chi connectivity index (χ0v) is 48.2. The maximum absolute atomic E-state index is 13.2. The third kappa shape index (κ3) is 31.9. The van der Waals surface area contributed by atoms with E-state index in [2.05, 4.69) is 46.4 Å². The first kappa shape index (κ1) is 70.0. The van der Waals surface area contributed by atoms with Gasteiger partial charge < -0.3 is 34.6 Å². The van der Waals surface area contributed by atoms with E-state index in [1.165, 1.54) is 89.9 Å². The van der Waals surface area contributed by atoms with Crippen molar-refractivity contribution in [1.82, 2.24) is 0 Å². The molecule has 4 aromatic rings. The lowest BCUT2D eigenvalue weighted by atomic mass is 9.69. The van der Waals surface area contributed by atoms with Crippen molar-refractivity contribution in [3.8, 4) is 0 Å². The summed E-state index contributed by atoms with van der Waals surface area (Å²) in [4.78, 5) is 37.3. The molecule has 0 bridgehead atoms. The van der Waals surface area contributed by atoms with Gasteiger partial charge in [-0.1, -0.05) is 234 Å². The van der Waals surface area contributed by atoms with Gasteiger partial charge in [-0.3, -0.25) is 4.79 Å². The number of aliphatic hydroxyl groups is 4. The summed E-state index contributed by atoms with van der Waals surface area (Å²) in [5.74, 6) is -0.816. The van der Waals surface area contributed by atoms with Crippen LogP contribution in [-0.4, -0.2) is 86.1 Å². The van der Waals surface area contributed by atoms with Crippen molar-refractivity contribution in [3.63, 3.8) is 0 Å². The van der Waals surface area contributed by atoms with Crippen molar-refractivity contribution in [2.75, 3.05) is 19.8 Å². The third-order valence-electron chi connectivity index (χ3n) is 13.7. The molecule has 10 nitrogen and oxygen atoms in total. The molecule has 0 amide bonds. The summed E-state index contributed by atoms with van der Waals surface area (Å²) in [5.41, 5.74) is 5.47. The minimum Gasteiger partial charge on any atom is -0.465 e. The van der Waals surface area contributed by atoms with Crippen LogP contribution in [0.3, 0.4) is 0 Å². The number of rotatable bonds is 33. The first-order valence-electron chi connectivity index (χ1n) is 28.5. The van der Waals surface area contributed by atoms with Crippen molar-refractivity contribution >= 4 is 50.6 Å². The normalized spacial score (nSPS) is 12.4. The third-order valence-corrected chi connectivity index (χ3v) is 13.7. The molecule has 77 heavy (non-hydrogen) atoms. The average Bonchev–Trinajstić information content (AvgIpc) is 3.45. The van der Waals surface area contributed by atoms with Gasteiger partial charge in [0.15, 0.2) is 0 Å². The fourth-order valence-corrected chi connectivity index (χ4v) is 8.17. The van der Waals surface area contributed by atoms with Crippen LogP contribution in [0.2, 0.25) is 0 Å². The molecule has 0 heterocycles. The minimum absolute atomic E-state index is 0.0877. The Balaban J connectivity index is 0.000000771. The first-order valence-corrected chi connectivity index (χ1v) is 28.5. The van der Waals surface area contributed by atoms with Crippen LogP contribution >= 0.6 is 0 Å². The molecule has 0 saturated carbocycles. The van der Waals surface area contributed by atoms with Crippen molar-refractivity contribution in [3.05, 3.63) is 137 Å². The molecular weight excluding hydrogens is 962 g/mol. The van der Waals surface area contributed by atoms with E-state index in [4.69, 9.17) is 50.3 Å². The van der Waals surface area contributed by atoms with Crippen LogP contribution < -0.4 is 10.9 Å². The van der Waals surface area contributed by atoms with Gasteiger partial charge in [0.2, 0.25) is 0 Å². The van der Waals surface area contributed by atoms with Crippen LogP contribution in [-0.2, 0) is 37.6 Å². The van der Waals surface area contributed by atoms with Gasteiger partial charge in [0, 0.05) is 0 Å². The Morgan fingerprint density at radius 1 is 0.532 bits per heavy atom. The molecular formula is C65H96B2O10. The van der Waals surface area contributed by atoms with Gasteiger partial charge in [0.05, 0.1) is 48.6 Å². The number of ether oxygens (including phenoxy) is 3. The summed E-state index contributed by atoms with van der Waals surface area (Å²) in [7, 11) is 11.3. The van der Waals surface area contributed by atoms with Gasteiger partial charge in [0.1, 0.15) is 28.9 Å². The van der Waals surface area contributed by atoms with Crippen molar-refractivity contribution in [1.29, 1.82) is 0 Å². The zero-order valence-electron chi connectivity index (χ0n) is 48.2. The molecule has 4 radical (unpaired) electrons. The lowest BCUT2D eigenvalue weighted by Crippen LogP contribution is -2.36. The van der Waals surface area contributed by atoms with Crippen LogP contribution in [0.25, 0.3) is 6.08 Å². The lowest BCUT2D eigenvalue weighted by molar-refractivity contribution is -0.156. The number of hydrogen-bond donors (Lipinski definition) is 4. The Labute approximate surface area is 467 Å². The monoisotopic (exact) mass is 1060 g/mol. The smallest absolute Gasteiger partial charge is 0.338 e. The highest BCUT2D eigenvalue weighted by molar-refractivity contribution is 6.32. The molecule has 0 aliphatic carbocycles. The quantitative estimate of drug-likeness (QED) is 0.0157. The fraction of sp³-hybridized carbons (Fsp3) is 0.554. The SMILES string of the molecule is CCC(O)CO.CCC(O)CO.[B]c1ccc(C(=O)OCc2ccc(C(C)(C)CC(C)(CC)C(=O)OCCCCCCCCCCCCCCCCCC)cc2)cc1.[B]c1ccc(C(=O)OCc2ccc(C=C)cc2)cc1. The van der Waals surface area contributed by atoms with Gasteiger partial charge in [0.25, 0.3) is 0 Å². The number of carbonyl (C=O) groups is 3. The topological polar surface area (TPSA) is 160 Å². The maximum Gasteiger partial charge on any atom is 0.338 e. The highest BCUT2D eigenvalue weighted by Gasteiger charge is 2.39. The van der Waals surface area contributed by atoms with Crippen LogP contribution in [0.15, 0.2) is 104 Å². The van der Waals surface area contributed by atoms with E-state index < -0.39 is 17.6 Å². The molecule has 4 N–H and O–H groups in total. The molecule has 422 valence electrons. The molecule has 0 aliphatic heterocycles. The number of benzene rings is 4. The van der Waals surface area contributed by atoms with Crippen LogP contribution in [0.5, 0.6) is 0 Å². The van der Waals surface area contributed by atoms with E-state index in [1.54, 1.807) is 54.6 Å². The maximum atomic E-state index is 13.2. The molecule has 0 spiro atoms. The van der Waals surface area contributed by atoms with Crippen molar-refractivity contribution in [2.45, 2.75) is 208 Å². The standard InChI is InChI=1S/C41H63BO4.C16H13BO2.2C4H10O2/c1-6-8-9-10-11-12-13-14-15-16-17-18-19-20-21-22-31-45-39(44)41(5,7-2)33-40(3,4)36-27-23-34(24-28-36)32-46-38(43)35-25-29-37(42)30-26-35;1-2-12-3-5-13(6-4-12)11-19-16(18)14-7-9-15(17)10-8-14;2*1-2-4(6)3-5/h23-30H,6-22,31-33H2,1-5H3;2-10H,1,11H2;2*4-6H,2-3H2,1H3. The van der Waals surface area contributed by atoms with Gasteiger partial charge in [-0.2, -0.15) is 0 Å². The van der Waals surface area contributed by atoms with Gasteiger partial charge >= 0.3 is 17.9 Å². The molecule has 4 aromatic carbocycles. The summed E-state index contributed by atoms with van der Waals surface area (Å²) in [6, 6.07) is 29.2. The minimum atomic E-state index is -0.550. The Morgan fingerprint density at radius 3 is 1.22 bits per heavy atom. The lowest BCUT2D eigenvalue weighted by Gasteiger charge is -2.35. The predicted molar refractivity (Wildman–Crippen MR) is 318 cm³/mol. The fourth-order valence-electron chi connectivity index (χ4n) is 8.17. The Kier molecular flexibility index (Phi) is 38.2. The second-order valence-corrected chi connectivity index (χ2v) is 20.9. The van der Waals surface area contributed by atoms with E-state index >= 15 is 0 Å². The van der Waals surface area contributed by atoms with Crippen LogP contribution in [0, 0.1) is 5.41 Å². The summed E-state index contributed by atoms with van der Waals surface area (Å²) < 4.78 is 16.5. The Morgan fingerprint density at radius 2 is 0.896 bits per heavy atom. The number of aliphatic hydroxyl groups excluding tert-OH is 4. The summed E-state index contributed by atoms with van der Waals surface area (Å²) >= 11 is 0. The number of esters is 3. The van der Waals surface area contributed by atoms with Crippen molar-refractivity contribution in [2.24, 2.45) is 5.41 Å². The Hall–Kier alpha value is -5.00. The molecule has 12 heteroatoms. The number of carbonyl (C=O) groups excluding carboxylic acids is 3. The highest BCUT2D eigenvalue weighted by atomic mass is 16.5. The van der Waals surface area contributed by atoms with E-state index in [9.17, 15) is 14.4 Å². The van der Waals surface area contributed by atoms with E-state index in [-0.39, 0.29) is 49.8 Å². The second-order valence-electron chi connectivity index (χ2n) is 20.9. The molecule has 4 rings (SSSR count). The highest BCUT2D eigenvalue weighted by Crippen LogP contribution is 2.40. The largest absolute Gasteiger partial charge is 0.465 e. The molecule has 0 aromatic heterocycles. The number of hydrogen-bond acceptors (Lipinski definition) is 10. The summed E-state index contributed by atoms with van der Waals surface area (Å²) in [5, 5.41) is 33.0. The molecule has 0 fully saturated rings. The Bertz CT molecular complexity index is 2120. The van der Waals surface area contributed by atoms with E-state index in [0.29, 0.717) is 47.9 Å². The van der Waals surface area contributed by atoms with Crippen LogP contribution in [0.1, 0.15) is 220 Å². The summed E-state index contributed by atoms with van der Waals surface area (Å²) in [6.45, 7) is 18.8. The van der Waals surface area contributed by atoms with E-state index in [1.807, 2.05) is 57.2 Å². The number of unbranched alkanes of at least 4 members (excludes halogenated alkanes) is 15. The van der Waals surface area contributed by atoms with Gasteiger partial charge in [-0.05, 0) is 91.0 Å². The molecule has 3 unspecified atom stereocenters. The molecule has 0 aliphatic rings. The first-order chi connectivity index (χ1) is 36.9. The predicted octanol–water partition coefficient (Wildman–Crippen LogP) is 12.7. The summed E-state index contributed by atoms with van der Waals surface area (Å²) in [6.07, 6.45) is 24.7. The molecule has 0 saturated heterocycles. The van der Waals surface area contributed by atoms with E-state index in [0.717, 1.165) is 41.5 Å². The van der Waals surface area contributed by atoms with Crippen molar-refractivity contribution < 1.29 is 49.0 Å². The zero-order chi connectivity index (χ0) is 57.3. The average molecular weight is 1060 g/mol. The van der Waals surface area contributed by atoms with Gasteiger partial charge in [-0.15, -0.1) is 0 Å². The second kappa shape index (κ2) is 42.0. The molecule has 3 atom stereocenters. The van der Waals surface area contributed by atoms with Gasteiger partial charge in [-0.25, -0.2) is 9.59 Å².